The lowest BCUT2D eigenvalue weighted by molar-refractivity contribution is 0.299. The van der Waals surface area contributed by atoms with Crippen LogP contribution in [0.15, 0.2) is 96.6 Å². The fourth-order valence-electron chi connectivity index (χ4n) is 4.56. The van der Waals surface area contributed by atoms with Gasteiger partial charge in [-0.1, -0.05) is 107 Å². The quantitative estimate of drug-likeness (QED) is 0.179. The largest absolute Gasteiger partial charge is 0.489 e. The SMILES string of the molecule is C=C(/C=C\c1ccccc1C)COc1cccc(OCc2cccc(C(C)(C)C)c2CC/C(C)=C\CC)c1. The molecule has 0 radical (unpaired) electrons. The Morgan fingerprint density at radius 1 is 0.921 bits per heavy atom. The number of allylic oxidation sites excluding steroid dienone is 2. The van der Waals surface area contributed by atoms with Gasteiger partial charge in [0.25, 0.3) is 0 Å². The van der Waals surface area contributed by atoms with E-state index in [0.29, 0.717) is 13.2 Å². The van der Waals surface area contributed by atoms with Gasteiger partial charge in [-0.15, -0.1) is 0 Å². The van der Waals surface area contributed by atoms with E-state index in [4.69, 9.17) is 9.47 Å². The zero-order chi connectivity index (χ0) is 27.5. The smallest absolute Gasteiger partial charge is 0.123 e. The van der Waals surface area contributed by atoms with Gasteiger partial charge in [0.1, 0.15) is 24.7 Å². The molecular weight excluding hydrogens is 464 g/mol. The maximum atomic E-state index is 6.29. The number of benzene rings is 3. The van der Waals surface area contributed by atoms with E-state index in [-0.39, 0.29) is 5.41 Å². The Hall–Kier alpha value is -3.52. The zero-order valence-corrected chi connectivity index (χ0v) is 24.1. The minimum atomic E-state index is 0.0809. The molecule has 0 N–H and O–H groups in total. The fraction of sp³-hybridized carbons (Fsp3) is 0.333. The van der Waals surface area contributed by atoms with E-state index in [1.54, 1.807) is 0 Å². The molecule has 0 aliphatic carbocycles. The van der Waals surface area contributed by atoms with Crippen molar-refractivity contribution in [2.45, 2.75) is 72.8 Å². The number of hydrogen-bond acceptors (Lipinski definition) is 2. The summed E-state index contributed by atoms with van der Waals surface area (Å²) < 4.78 is 12.3. The van der Waals surface area contributed by atoms with Crippen LogP contribution in [0.25, 0.3) is 6.08 Å². The van der Waals surface area contributed by atoms with E-state index in [9.17, 15) is 0 Å². The molecule has 0 aliphatic rings. The van der Waals surface area contributed by atoms with Crippen molar-refractivity contribution in [1.29, 1.82) is 0 Å². The van der Waals surface area contributed by atoms with Gasteiger partial charge >= 0.3 is 0 Å². The summed E-state index contributed by atoms with van der Waals surface area (Å²) >= 11 is 0. The predicted molar refractivity (Wildman–Crippen MR) is 163 cm³/mol. The minimum absolute atomic E-state index is 0.0809. The third-order valence-electron chi connectivity index (χ3n) is 6.71. The second-order valence-corrected chi connectivity index (χ2v) is 11.1. The summed E-state index contributed by atoms with van der Waals surface area (Å²) in [7, 11) is 0. The van der Waals surface area contributed by atoms with E-state index in [0.717, 1.165) is 36.3 Å². The molecule has 0 bridgehead atoms. The van der Waals surface area contributed by atoms with Crippen molar-refractivity contribution in [1.82, 2.24) is 0 Å². The number of aryl methyl sites for hydroxylation is 1. The van der Waals surface area contributed by atoms with Crippen molar-refractivity contribution in [3.8, 4) is 11.5 Å². The molecule has 38 heavy (non-hydrogen) atoms. The van der Waals surface area contributed by atoms with Crippen LogP contribution in [0.1, 0.15) is 75.3 Å². The molecule has 3 rings (SSSR count). The average molecular weight is 509 g/mol. The molecule has 0 aromatic heterocycles. The third kappa shape index (κ3) is 8.80. The molecule has 0 saturated heterocycles. The summed E-state index contributed by atoms with van der Waals surface area (Å²) in [5.41, 5.74) is 8.94. The van der Waals surface area contributed by atoms with E-state index in [1.165, 1.54) is 33.4 Å². The van der Waals surface area contributed by atoms with Crippen LogP contribution in [-0.2, 0) is 18.4 Å². The summed E-state index contributed by atoms with van der Waals surface area (Å²) in [6.07, 6.45) is 9.61. The van der Waals surface area contributed by atoms with Crippen molar-refractivity contribution < 1.29 is 9.47 Å². The van der Waals surface area contributed by atoms with Gasteiger partial charge in [-0.2, -0.15) is 0 Å². The molecule has 2 heteroatoms. The van der Waals surface area contributed by atoms with Crippen molar-refractivity contribution in [3.63, 3.8) is 0 Å². The Morgan fingerprint density at radius 3 is 2.34 bits per heavy atom. The highest BCUT2D eigenvalue weighted by atomic mass is 16.5. The first-order valence-corrected chi connectivity index (χ1v) is 13.7. The molecule has 0 saturated carbocycles. The lowest BCUT2D eigenvalue weighted by Crippen LogP contribution is -2.16. The average Bonchev–Trinajstić information content (AvgIpc) is 2.89. The molecule has 2 nitrogen and oxygen atoms in total. The topological polar surface area (TPSA) is 18.5 Å². The summed E-state index contributed by atoms with van der Waals surface area (Å²) in [5, 5.41) is 0. The predicted octanol–water partition coefficient (Wildman–Crippen LogP) is 9.81. The van der Waals surface area contributed by atoms with Crippen LogP contribution >= 0.6 is 0 Å². The van der Waals surface area contributed by atoms with Gasteiger partial charge in [0.05, 0.1) is 0 Å². The number of ether oxygens (including phenoxy) is 2. The molecule has 0 atom stereocenters. The van der Waals surface area contributed by atoms with Crippen LogP contribution in [0.4, 0.5) is 0 Å². The van der Waals surface area contributed by atoms with E-state index >= 15 is 0 Å². The molecule has 0 spiro atoms. The second-order valence-electron chi connectivity index (χ2n) is 11.1. The highest BCUT2D eigenvalue weighted by Crippen LogP contribution is 2.31. The Bertz CT molecular complexity index is 1270. The van der Waals surface area contributed by atoms with Crippen LogP contribution < -0.4 is 9.47 Å². The monoisotopic (exact) mass is 508 g/mol. The van der Waals surface area contributed by atoms with E-state index in [1.807, 2.05) is 42.5 Å². The molecule has 0 heterocycles. The highest BCUT2D eigenvalue weighted by Gasteiger charge is 2.20. The Labute approximate surface area is 230 Å². The van der Waals surface area contributed by atoms with E-state index in [2.05, 4.69) is 90.6 Å². The maximum absolute atomic E-state index is 6.29. The van der Waals surface area contributed by atoms with Crippen molar-refractivity contribution in [2.75, 3.05) is 6.61 Å². The molecule has 0 unspecified atom stereocenters. The maximum Gasteiger partial charge on any atom is 0.123 e. The fourth-order valence-corrected chi connectivity index (χ4v) is 4.56. The van der Waals surface area contributed by atoms with Crippen molar-refractivity contribution in [2.24, 2.45) is 0 Å². The van der Waals surface area contributed by atoms with Crippen molar-refractivity contribution >= 4 is 6.08 Å². The van der Waals surface area contributed by atoms with Gasteiger partial charge in [0.15, 0.2) is 0 Å². The third-order valence-corrected chi connectivity index (χ3v) is 6.71. The zero-order valence-electron chi connectivity index (χ0n) is 24.1. The van der Waals surface area contributed by atoms with Gasteiger partial charge < -0.3 is 9.47 Å². The number of rotatable bonds is 12. The number of hydrogen-bond donors (Lipinski definition) is 0. The van der Waals surface area contributed by atoms with Gasteiger partial charge in [-0.25, -0.2) is 0 Å². The summed E-state index contributed by atoms with van der Waals surface area (Å²) in [4.78, 5) is 0. The standard InChI is InChI=1S/C36H44O2/c1-8-13-27(2)21-23-34-31(16-11-19-35(34)36(5,6)7)26-38-33-18-12-17-32(24-33)37-25-28(3)20-22-30-15-10-9-14-29(30)4/h9-20,22,24H,3,8,21,23,25-26H2,1-2,4-7H3/b22-20-,27-13-. The minimum Gasteiger partial charge on any atom is -0.489 e. The first-order chi connectivity index (χ1) is 18.2. The molecule has 0 fully saturated rings. The second kappa shape index (κ2) is 13.9. The van der Waals surface area contributed by atoms with Crippen LogP contribution in [0.3, 0.4) is 0 Å². The van der Waals surface area contributed by atoms with Gasteiger partial charge in [0, 0.05) is 6.07 Å². The molecule has 3 aromatic carbocycles. The highest BCUT2D eigenvalue weighted by molar-refractivity contribution is 5.56. The first-order valence-electron chi connectivity index (χ1n) is 13.7. The molecule has 200 valence electrons. The summed E-state index contributed by atoms with van der Waals surface area (Å²) in [6.45, 7) is 18.5. The van der Waals surface area contributed by atoms with Gasteiger partial charge in [-0.3, -0.25) is 0 Å². The first kappa shape index (κ1) is 29.0. The lowest BCUT2D eigenvalue weighted by atomic mass is 9.80. The van der Waals surface area contributed by atoms with Crippen molar-refractivity contribution in [3.05, 3.63) is 124 Å². The van der Waals surface area contributed by atoms with Gasteiger partial charge in [-0.05, 0) is 84.0 Å². The summed E-state index contributed by atoms with van der Waals surface area (Å²) in [6, 6.07) is 22.8. The van der Waals surface area contributed by atoms with Crippen LogP contribution in [-0.4, -0.2) is 6.61 Å². The molecule has 0 aliphatic heterocycles. The lowest BCUT2D eigenvalue weighted by Gasteiger charge is -2.25. The van der Waals surface area contributed by atoms with E-state index < -0.39 is 0 Å². The molecular formula is C36H44O2. The Balaban J connectivity index is 1.66. The molecule has 3 aromatic rings. The van der Waals surface area contributed by atoms with Crippen LogP contribution in [0, 0.1) is 6.92 Å². The Morgan fingerprint density at radius 2 is 1.63 bits per heavy atom. The Kier molecular flexibility index (Phi) is 10.6. The van der Waals surface area contributed by atoms with Gasteiger partial charge in [0.2, 0.25) is 0 Å². The van der Waals surface area contributed by atoms with Crippen LogP contribution in [0.5, 0.6) is 11.5 Å². The molecule has 0 amide bonds. The normalized spacial score (nSPS) is 12.1. The van der Waals surface area contributed by atoms with Crippen LogP contribution in [0.2, 0.25) is 0 Å². The summed E-state index contributed by atoms with van der Waals surface area (Å²) in [5.74, 6) is 1.58.